The van der Waals surface area contributed by atoms with Gasteiger partial charge in [0.1, 0.15) is 0 Å². The number of hydrogen-bond acceptors (Lipinski definition) is 3. The van der Waals surface area contributed by atoms with Gasteiger partial charge in [-0.15, -0.1) is 0 Å². The summed E-state index contributed by atoms with van der Waals surface area (Å²) >= 11 is 0. The second kappa shape index (κ2) is 4.26. The minimum absolute atomic E-state index is 0.0309. The number of rotatable bonds is 2. The van der Waals surface area contributed by atoms with Gasteiger partial charge in [-0.1, -0.05) is 18.2 Å². The topological polar surface area (TPSA) is 38.8 Å². The first-order valence-corrected chi connectivity index (χ1v) is 7.29. The van der Waals surface area contributed by atoms with Crippen LogP contribution in [0.3, 0.4) is 0 Å². The summed E-state index contributed by atoms with van der Waals surface area (Å²) < 4.78 is 10.8. The molecule has 1 atom stereocenters. The van der Waals surface area contributed by atoms with Gasteiger partial charge in [0.05, 0.1) is 19.8 Å². The molecule has 4 heteroatoms. The molecule has 0 fully saturated rings. The summed E-state index contributed by atoms with van der Waals surface area (Å²) in [6.45, 7) is 2.11. The molecule has 0 saturated heterocycles. The van der Waals surface area contributed by atoms with Crippen molar-refractivity contribution in [1.82, 2.24) is 0 Å². The number of ether oxygens (including phenoxy) is 2. The van der Waals surface area contributed by atoms with E-state index < -0.39 is 0 Å². The predicted octanol–water partition coefficient (Wildman–Crippen LogP) is 3.14. The van der Waals surface area contributed by atoms with Crippen molar-refractivity contribution in [3.05, 3.63) is 53.1 Å². The molecule has 2 aromatic carbocycles. The van der Waals surface area contributed by atoms with Crippen molar-refractivity contribution in [1.29, 1.82) is 0 Å². The van der Waals surface area contributed by atoms with E-state index >= 15 is 0 Å². The summed E-state index contributed by atoms with van der Waals surface area (Å²) in [6.07, 6.45) is 0.817. The van der Waals surface area contributed by atoms with Crippen LogP contribution in [-0.4, -0.2) is 20.1 Å². The minimum atomic E-state index is -0.352. The van der Waals surface area contributed by atoms with Crippen molar-refractivity contribution in [2.75, 3.05) is 19.1 Å². The third kappa shape index (κ3) is 1.44. The quantitative estimate of drug-likeness (QED) is 0.854. The van der Waals surface area contributed by atoms with E-state index in [0.29, 0.717) is 17.1 Å². The molecular weight excluding hydrogens is 278 g/mol. The number of benzene rings is 2. The Labute approximate surface area is 129 Å². The Morgan fingerprint density at radius 2 is 1.77 bits per heavy atom. The van der Waals surface area contributed by atoms with Gasteiger partial charge in [-0.2, -0.15) is 0 Å². The second-order valence-corrected chi connectivity index (χ2v) is 5.97. The van der Waals surface area contributed by atoms with Crippen LogP contribution >= 0.6 is 0 Å². The molecule has 4 nitrogen and oxygen atoms in total. The van der Waals surface area contributed by atoms with Gasteiger partial charge >= 0.3 is 0 Å². The first-order valence-electron chi connectivity index (χ1n) is 7.29. The van der Waals surface area contributed by atoms with E-state index in [9.17, 15) is 4.79 Å². The monoisotopic (exact) mass is 295 g/mol. The molecule has 1 amide bonds. The van der Waals surface area contributed by atoms with E-state index in [0.717, 1.165) is 17.7 Å². The molecule has 4 rings (SSSR count). The second-order valence-electron chi connectivity index (χ2n) is 5.97. The zero-order chi connectivity index (χ0) is 15.5. The Balaban J connectivity index is 1.95. The van der Waals surface area contributed by atoms with Crippen LogP contribution in [0.15, 0.2) is 36.4 Å². The molecular formula is C18H17NO3. The Hall–Kier alpha value is -2.49. The summed E-state index contributed by atoms with van der Waals surface area (Å²) in [6, 6.07) is 11.8. The highest BCUT2D eigenvalue weighted by molar-refractivity contribution is 6.14. The summed E-state index contributed by atoms with van der Waals surface area (Å²) in [5, 5.41) is 0. The van der Waals surface area contributed by atoms with E-state index in [1.165, 1.54) is 5.56 Å². The third-order valence-electron chi connectivity index (χ3n) is 4.80. The van der Waals surface area contributed by atoms with Crippen LogP contribution < -0.4 is 14.4 Å². The lowest BCUT2D eigenvalue weighted by Crippen LogP contribution is -2.38. The van der Waals surface area contributed by atoms with E-state index in [2.05, 4.69) is 13.0 Å². The number of hydrogen-bond donors (Lipinski definition) is 0. The molecule has 0 aromatic heterocycles. The average Bonchev–Trinajstić information content (AvgIpc) is 2.95. The Bertz CT molecular complexity index is 799. The van der Waals surface area contributed by atoms with Crippen molar-refractivity contribution in [3.8, 4) is 11.5 Å². The summed E-state index contributed by atoms with van der Waals surface area (Å²) in [5.41, 5.74) is 3.57. The maximum Gasteiger partial charge on any atom is 0.259 e. The summed E-state index contributed by atoms with van der Waals surface area (Å²) in [4.78, 5) is 14.9. The fourth-order valence-electron chi connectivity index (χ4n) is 3.77. The number of para-hydroxylation sites is 1. The van der Waals surface area contributed by atoms with E-state index in [4.69, 9.17) is 9.47 Å². The van der Waals surface area contributed by atoms with Gasteiger partial charge in [-0.25, -0.2) is 0 Å². The first-order chi connectivity index (χ1) is 10.6. The lowest BCUT2D eigenvalue weighted by Gasteiger charge is -2.29. The number of anilines is 1. The Morgan fingerprint density at radius 1 is 1.09 bits per heavy atom. The van der Waals surface area contributed by atoms with Crippen LogP contribution in [0.2, 0.25) is 0 Å². The van der Waals surface area contributed by atoms with Gasteiger partial charge in [0.25, 0.3) is 5.91 Å². The van der Waals surface area contributed by atoms with Gasteiger partial charge in [0, 0.05) is 17.7 Å². The minimum Gasteiger partial charge on any atom is -0.493 e. The van der Waals surface area contributed by atoms with Gasteiger partial charge in [-0.05, 0) is 36.2 Å². The zero-order valence-electron chi connectivity index (χ0n) is 12.8. The molecule has 0 spiro atoms. The van der Waals surface area contributed by atoms with E-state index in [-0.39, 0.29) is 11.4 Å². The maximum absolute atomic E-state index is 12.9. The molecule has 2 aliphatic rings. The first kappa shape index (κ1) is 13.2. The Kier molecular flexibility index (Phi) is 2.55. The fraction of sp³-hybridized carbons (Fsp3) is 0.278. The summed E-state index contributed by atoms with van der Waals surface area (Å²) in [7, 11) is 3.20. The van der Waals surface area contributed by atoms with Crippen molar-refractivity contribution in [2.24, 2.45) is 0 Å². The zero-order valence-corrected chi connectivity index (χ0v) is 12.8. The molecule has 112 valence electrons. The normalized spacial score (nSPS) is 21.4. The van der Waals surface area contributed by atoms with E-state index in [1.54, 1.807) is 20.3 Å². The Morgan fingerprint density at radius 3 is 2.50 bits per heavy atom. The molecule has 0 saturated carbocycles. The number of nitrogens with zero attached hydrogens (tertiary/aromatic N) is 1. The highest BCUT2D eigenvalue weighted by Crippen LogP contribution is 2.52. The van der Waals surface area contributed by atoms with Crippen LogP contribution in [0.1, 0.15) is 28.4 Å². The average molecular weight is 295 g/mol. The maximum atomic E-state index is 12.9. The fourth-order valence-corrected chi connectivity index (χ4v) is 3.77. The summed E-state index contributed by atoms with van der Waals surface area (Å²) in [5.74, 6) is 1.28. The lowest BCUT2D eigenvalue weighted by atomic mass is 9.88. The van der Waals surface area contributed by atoms with Gasteiger partial charge < -0.3 is 9.47 Å². The standard InChI is InChI=1S/C18H17NO3/c1-18-10-11-6-4-5-7-14(11)19(18)17(20)12-8-15(21-2)16(22-3)9-13(12)18/h4-9H,10H2,1-3H3/t18-/m0/s1. The van der Waals surface area contributed by atoms with Crippen molar-refractivity contribution in [3.63, 3.8) is 0 Å². The highest BCUT2D eigenvalue weighted by Gasteiger charge is 2.52. The molecule has 0 bridgehead atoms. The van der Waals surface area contributed by atoms with E-state index in [1.807, 2.05) is 29.2 Å². The predicted molar refractivity (Wildman–Crippen MR) is 83.9 cm³/mol. The lowest BCUT2D eigenvalue weighted by molar-refractivity contribution is 0.0983. The highest BCUT2D eigenvalue weighted by atomic mass is 16.5. The number of fused-ring (bicyclic) bond motifs is 5. The van der Waals surface area contributed by atoms with Crippen LogP contribution in [0, 0.1) is 0 Å². The number of methoxy groups -OCH3 is 2. The largest absolute Gasteiger partial charge is 0.493 e. The van der Waals surface area contributed by atoms with Gasteiger partial charge in [-0.3, -0.25) is 9.69 Å². The molecule has 2 aromatic rings. The van der Waals surface area contributed by atoms with Gasteiger partial charge in [0.2, 0.25) is 0 Å². The van der Waals surface area contributed by atoms with Crippen molar-refractivity contribution >= 4 is 11.6 Å². The van der Waals surface area contributed by atoms with Crippen LogP contribution in [0.4, 0.5) is 5.69 Å². The molecule has 2 heterocycles. The molecule has 0 radical (unpaired) electrons. The smallest absolute Gasteiger partial charge is 0.259 e. The molecule has 0 unspecified atom stereocenters. The van der Waals surface area contributed by atoms with Crippen molar-refractivity contribution in [2.45, 2.75) is 18.9 Å². The van der Waals surface area contributed by atoms with Crippen LogP contribution in [0.25, 0.3) is 0 Å². The molecule has 22 heavy (non-hydrogen) atoms. The van der Waals surface area contributed by atoms with Crippen LogP contribution in [0.5, 0.6) is 11.5 Å². The van der Waals surface area contributed by atoms with Crippen LogP contribution in [-0.2, 0) is 12.0 Å². The number of carbonyl (C=O) groups is 1. The number of amides is 1. The van der Waals surface area contributed by atoms with Gasteiger partial charge in [0.15, 0.2) is 11.5 Å². The molecule has 0 N–H and O–H groups in total. The molecule has 0 aliphatic carbocycles. The van der Waals surface area contributed by atoms with Crippen molar-refractivity contribution < 1.29 is 14.3 Å². The SMILES string of the molecule is COc1cc2c(cc1OC)[C@]1(C)Cc3ccccc3N1C2=O. The number of carbonyl (C=O) groups excluding carboxylic acids is 1. The third-order valence-corrected chi connectivity index (χ3v) is 4.80. The molecule has 2 aliphatic heterocycles.